The van der Waals surface area contributed by atoms with Crippen LogP contribution in [0.25, 0.3) is 0 Å². The Labute approximate surface area is 192 Å². The third-order valence-corrected chi connectivity index (χ3v) is 5.27. The van der Waals surface area contributed by atoms with E-state index in [1.54, 1.807) is 48.3 Å². The summed E-state index contributed by atoms with van der Waals surface area (Å²) in [4.78, 5) is 27.6. The SMILES string of the molecule is CCOc1ccc(C(=O)Nc2ccc3c(c2)C(=O)N(C)c2cc(C)ccc2O3)cc1OCC. The van der Waals surface area contributed by atoms with Crippen LogP contribution in [0.3, 0.4) is 0 Å². The van der Waals surface area contributed by atoms with E-state index in [1.165, 1.54) is 0 Å². The minimum atomic E-state index is -0.326. The van der Waals surface area contributed by atoms with Crippen LogP contribution < -0.4 is 24.4 Å². The second-order valence-electron chi connectivity index (χ2n) is 7.63. The lowest BCUT2D eigenvalue weighted by molar-refractivity contribution is 0.0990. The molecular formula is C26H26N2O5. The molecule has 2 amide bonds. The maximum absolute atomic E-state index is 13.1. The minimum Gasteiger partial charge on any atom is -0.490 e. The van der Waals surface area contributed by atoms with Gasteiger partial charge < -0.3 is 24.4 Å². The quantitative estimate of drug-likeness (QED) is 0.547. The number of rotatable bonds is 6. The third kappa shape index (κ3) is 4.48. The van der Waals surface area contributed by atoms with Crippen LogP contribution in [-0.2, 0) is 0 Å². The molecule has 0 unspecified atom stereocenters. The van der Waals surface area contributed by atoms with E-state index in [2.05, 4.69) is 5.32 Å². The first-order valence-corrected chi connectivity index (χ1v) is 10.8. The summed E-state index contributed by atoms with van der Waals surface area (Å²) < 4.78 is 17.2. The van der Waals surface area contributed by atoms with Crippen molar-refractivity contribution in [3.8, 4) is 23.0 Å². The minimum absolute atomic E-state index is 0.217. The number of hydrogen-bond donors (Lipinski definition) is 1. The number of fused-ring (bicyclic) bond motifs is 2. The van der Waals surface area contributed by atoms with E-state index in [0.29, 0.717) is 58.7 Å². The summed E-state index contributed by atoms with van der Waals surface area (Å²) >= 11 is 0. The molecule has 7 nitrogen and oxygen atoms in total. The van der Waals surface area contributed by atoms with Crippen molar-refractivity contribution in [2.75, 3.05) is 30.5 Å². The zero-order chi connectivity index (χ0) is 23.5. The maximum atomic E-state index is 13.1. The van der Waals surface area contributed by atoms with Gasteiger partial charge in [-0.15, -0.1) is 0 Å². The molecule has 1 aliphatic rings. The van der Waals surface area contributed by atoms with Crippen LogP contribution in [0.2, 0.25) is 0 Å². The molecule has 0 aromatic heterocycles. The number of aryl methyl sites for hydroxylation is 1. The van der Waals surface area contributed by atoms with Gasteiger partial charge in [-0.3, -0.25) is 9.59 Å². The van der Waals surface area contributed by atoms with E-state index in [1.807, 2.05) is 39.0 Å². The summed E-state index contributed by atoms with van der Waals surface area (Å²) in [6.07, 6.45) is 0. The largest absolute Gasteiger partial charge is 0.490 e. The van der Waals surface area contributed by atoms with Crippen molar-refractivity contribution in [1.29, 1.82) is 0 Å². The van der Waals surface area contributed by atoms with Gasteiger partial charge in [0.25, 0.3) is 11.8 Å². The lowest BCUT2D eigenvalue weighted by Gasteiger charge is -2.17. The highest BCUT2D eigenvalue weighted by molar-refractivity contribution is 6.11. The number of carbonyl (C=O) groups is 2. The van der Waals surface area contributed by atoms with E-state index in [0.717, 1.165) is 5.56 Å². The Bertz CT molecular complexity index is 1220. The highest BCUT2D eigenvalue weighted by Crippen LogP contribution is 2.39. The summed E-state index contributed by atoms with van der Waals surface area (Å²) in [5.41, 5.74) is 2.99. The van der Waals surface area contributed by atoms with Crippen molar-refractivity contribution in [1.82, 2.24) is 0 Å². The average molecular weight is 447 g/mol. The van der Waals surface area contributed by atoms with Crippen LogP contribution in [0.1, 0.15) is 40.1 Å². The van der Waals surface area contributed by atoms with Crippen molar-refractivity contribution in [3.05, 3.63) is 71.3 Å². The predicted molar refractivity (Wildman–Crippen MR) is 127 cm³/mol. The van der Waals surface area contributed by atoms with Gasteiger partial charge in [-0.2, -0.15) is 0 Å². The molecular weight excluding hydrogens is 420 g/mol. The Kier molecular flexibility index (Phi) is 6.22. The van der Waals surface area contributed by atoms with Gasteiger partial charge in [0.15, 0.2) is 17.2 Å². The number of anilines is 2. The number of nitrogens with zero attached hydrogens (tertiary/aromatic N) is 1. The summed E-state index contributed by atoms with van der Waals surface area (Å²) in [5.74, 6) is 1.59. The van der Waals surface area contributed by atoms with E-state index in [4.69, 9.17) is 14.2 Å². The number of hydrogen-bond acceptors (Lipinski definition) is 5. The molecule has 4 rings (SSSR count). The Morgan fingerprint density at radius 2 is 1.67 bits per heavy atom. The van der Waals surface area contributed by atoms with Gasteiger partial charge in [0.2, 0.25) is 0 Å². The first kappa shape index (κ1) is 22.2. The molecule has 170 valence electrons. The summed E-state index contributed by atoms with van der Waals surface area (Å²) in [6, 6.07) is 15.8. The first-order valence-electron chi connectivity index (χ1n) is 10.8. The highest BCUT2D eigenvalue weighted by atomic mass is 16.5. The molecule has 1 aliphatic heterocycles. The normalized spacial score (nSPS) is 12.2. The topological polar surface area (TPSA) is 77.1 Å². The lowest BCUT2D eigenvalue weighted by atomic mass is 10.1. The Morgan fingerprint density at radius 1 is 0.939 bits per heavy atom. The second-order valence-corrected chi connectivity index (χ2v) is 7.63. The van der Waals surface area contributed by atoms with Crippen LogP contribution >= 0.6 is 0 Å². The smallest absolute Gasteiger partial charge is 0.261 e. The van der Waals surface area contributed by atoms with Crippen LogP contribution in [-0.4, -0.2) is 32.1 Å². The summed E-state index contributed by atoms with van der Waals surface area (Å²) in [7, 11) is 1.71. The zero-order valence-corrected chi connectivity index (χ0v) is 19.1. The van der Waals surface area contributed by atoms with Gasteiger partial charge in [0, 0.05) is 18.3 Å². The Hall–Kier alpha value is -4.00. The van der Waals surface area contributed by atoms with E-state index in [-0.39, 0.29) is 11.8 Å². The zero-order valence-electron chi connectivity index (χ0n) is 19.1. The first-order chi connectivity index (χ1) is 15.9. The molecule has 0 radical (unpaired) electrons. The second kappa shape index (κ2) is 9.24. The monoisotopic (exact) mass is 446 g/mol. The molecule has 7 heteroatoms. The molecule has 33 heavy (non-hydrogen) atoms. The molecule has 0 aliphatic carbocycles. The van der Waals surface area contributed by atoms with Crippen molar-refractivity contribution in [2.45, 2.75) is 20.8 Å². The van der Waals surface area contributed by atoms with Gasteiger partial charge >= 0.3 is 0 Å². The predicted octanol–water partition coefficient (Wildman–Crippen LogP) is 5.43. The fraction of sp³-hybridized carbons (Fsp3) is 0.231. The Balaban J connectivity index is 1.60. The molecule has 0 saturated heterocycles. The molecule has 0 saturated carbocycles. The summed E-state index contributed by atoms with van der Waals surface area (Å²) in [5, 5.41) is 2.85. The average Bonchev–Trinajstić information content (AvgIpc) is 2.90. The standard InChI is InChI=1S/C26H26N2O5/c1-5-31-23-11-8-17(14-24(23)32-6-2)25(29)27-18-9-12-21-19(15-18)26(30)28(4)20-13-16(3)7-10-22(20)33-21/h7-15H,5-6H2,1-4H3,(H,27,29). The number of ether oxygens (including phenoxy) is 3. The Morgan fingerprint density at radius 3 is 2.42 bits per heavy atom. The number of nitrogens with one attached hydrogen (secondary N) is 1. The van der Waals surface area contributed by atoms with E-state index < -0.39 is 0 Å². The number of carbonyl (C=O) groups excluding carboxylic acids is 2. The highest BCUT2D eigenvalue weighted by Gasteiger charge is 2.26. The molecule has 3 aromatic rings. The summed E-state index contributed by atoms with van der Waals surface area (Å²) in [6.45, 7) is 6.66. The van der Waals surface area contributed by atoms with Crippen molar-refractivity contribution in [2.24, 2.45) is 0 Å². The van der Waals surface area contributed by atoms with Gasteiger partial charge in [-0.05, 0) is 74.9 Å². The number of amides is 2. The van der Waals surface area contributed by atoms with Crippen LogP contribution in [0, 0.1) is 6.92 Å². The number of benzene rings is 3. The molecule has 1 N–H and O–H groups in total. The van der Waals surface area contributed by atoms with Gasteiger partial charge in [0.1, 0.15) is 5.75 Å². The van der Waals surface area contributed by atoms with Gasteiger partial charge in [0.05, 0.1) is 24.5 Å². The van der Waals surface area contributed by atoms with Crippen LogP contribution in [0.5, 0.6) is 23.0 Å². The molecule has 0 bridgehead atoms. The van der Waals surface area contributed by atoms with Crippen LogP contribution in [0.15, 0.2) is 54.6 Å². The molecule has 0 fully saturated rings. The lowest BCUT2D eigenvalue weighted by Crippen LogP contribution is -2.25. The fourth-order valence-electron chi connectivity index (χ4n) is 3.64. The van der Waals surface area contributed by atoms with Crippen molar-refractivity contribution < 1.29 is 23.8 Å². The third-order valence-electron chi connectivity index (χ3n) is 5.27. The molecule has 0 spiro atoms. The van der Waals surface area contributed by atoms with Crippen molar-refractivity contribution in [3.63, 3.8) is 0 Å². The molecule has 0 atom stereocenters. The van der Waals surface area contributed by atoms with Crippen LogP contribution in [0.4, 0.5) is 11.4 Å². The fourth-order valence-corrected chi connectivity index (χ4v) is 3.64. The van der Waals surface area contributed by atoms with Gasteiger partial charge in [-0.25, -0.2) is 0 Å². The van der Waals surface area contributed by atoms with Gasteiger partial charge in [-0.1, -0.05) is 6.07 Å². The van der Waals surface area contributed by atoms with E-state index >= 15 is 0 Å². The maximum Gasteiger partial charge on any atom is 0.261 e. The van der Waals surface area contributed by atoms with E-state index in [9.17, 15) is 9.59 Å². The molecule has 3 aromatic carbocycles. The molecule has 1 heterocycles. The van der Waals surface area contributed by atoms with Crippen molar-refractivity contribution >= 4 is 23.2 Å².